The summed E-state index contributed by atoms with van der Waals surface area (Å²) in [7, 11) is 0. The molecule has 1 fully saturated rings. The van der Waals surface area contributed by atoms with Crippen LogP contribution in [0.15, 0.2) is 12.4 Å². The fraction of sp³-hybridized carbons (Fsp3) is 0.636. The highest BCUT2D eigenvalue weighted by molar-refractivity contribution is 6.29. The van der Waals surface area contributed by atoms with Crippen LogP contribution in [0.25, 0.3) is 0 Å². The van der Waals surface area contributed by atoms with Crippen molar-refractivity contribution in [3.63, 3.8) is 0 Å². The molecule has 4 nitrogen and oxygen atoms in total. The second-order valence-corrected chi connectivity index (χ2v) is 4.65. The van der Waals surface area contributed by atoms with Gasteiger partial charge in [0.25, 0.3) is 0 Å². The average molecular weight is 242 g/mol. The summed E-state index contributed by atoms with van der Waals surface area (Å²) in [4.78, 5) is 10.3. The first-order chi connectivity index (χ1) is 7.66. The molecule has 0 radical (unpaired) electrons. The molecule has 1 atom stereocenters. The standard InChI is InChI=1S/C11H16ClN3O/c1-8(16)9-2-4-15(5-3-9)11-6-10(12)13-7-14-11/h6-9,16H,2-5H2,1H3. The Morgan fingerprint density at radius 2 is 2.12 bits per heavy atom. The second kappa shape index (κ2) is 4.97. The molecule has 0 saturated carbocycles. The van der Waals surface area contributed by atoms with E-state index in [2.05, 4.69) is 14.9 Å². The summed E-state index contributed by atoms with van der Waals surface area (Å²) in [5.41, 5.74) is 0. The molecule has 1 saturated heterocycles. The quantitative estimate of drug-likeness (QED) is 0.802. The number of halogens is 1. The number of piperidine rings is 1. The van der Waals surface area contributed by atoms with E-state index in [0.29, 0.717) is 11.1 Å². The van der Waals surface area contributed by atoms with E-state index in [4.69, 9.17) is 11.6 Å². The summed E-state index contributed by atoms with van der Waals surface area (Å²) < 4.78 is 0. The number of rotatable bonds is 2. The number of hydrogen-bond donors (Lipinski definition) is 1. The number of aromatic nitrogens is 2. The molecule has 0 aromatic carbocycles. The van der Waals surface area contributed by atoms with Gasteiger partial charge in [-0.3, -0.25) is 0 Å². The number of aliphatic hydroxyl groups is 1. The molecule has 88 valence electrons. The minimum atomic E-state index is -0.212. The molecule has 5 heteroatoms. The van der Waals surface area contributed by atoms with Gasteiger partial charge in [-0.15, -0.1) is 0 Å². The zero-order valence-corrected chi connectivity index (χ0v) is 10.1. The van der Waals surface area contributed by atoms with Gasteiger partial charge in [0.2, 0.25) is 0 Å². The fourth-order valence-corrected chi connectivity index (χ4v) is 2.25. The van der Waals surface area contributed by atoms with Gasteiger partial charge in [0.05, 0.1) is 6.10 Å². The summed E-state index contributed by atoms with van der Waals surface area (Å²) >= 11 is 5.83. The Hall–Kier alpha value is -0.870. The van der Waals surface area contributed by atoms with Crippen LogP contribution in [-0.4, -0.2) is 34.3 Å². The summed E-state index contributed by atoms with van der Waals surface area (Å²) in [6, 6.07) is 1.78. The lowest BCUT2D eigenvalue weighted by atomic mass is 9.92. The minimum Gasteiger partial charge on any atom is -0.393 e. The summed E-state index contributed by atoms with van der Waals surface area (Å²) in [5, 5.41) is 9.99. The highest BCUT2D eigenvalue weighted by Gasteiger charge is 2.23. The van der Waals surface area contributed by atoms with Crippen molar-refractivity contribution in [2.75, 3.05) is 18.0 Å². The van der Waals surface area contributed by atoms with Crippen LogP contribution in [0.2, 0.25) is 5.15 Å². The molecule has 1 aliphatic heterocycles. The van der Waals surface area contributed by atoms with Crippen molar-refractivity contribution in [3.8, 4) is 0 Å². The molecule has 16 heavy (non-hydrogen) atoms. The largest absolute Gasteiger partial charge is 0.393 e. The third-order valence-electron chi connectivity index (χ3n) is 3.17. The first kappa shape index (κ1) is 11.6. The first-order valence-corrected chi connectivity index (χ1v) is 5.95. The van der Waals surface area contributed by atoms with Gasteiger partial charge in [0.1, 0.15) is 17.3 Å². The third kappa shape index (κ3) is 2.62. The van der Waals surface area contributed by atoms with Crippen molar-refractivity contribution < 1.29 is 5.11 Å². The Balaban J connectivity index is 1.99. The van der Waals surface area contributed by atoms with Gasteiger partial charge in [-0.2, -0.15) is 0 Å². The minimum absolute atomic E-state index is 0.212. The van der Waals surface area contributed by atoms with E-state index in [-0.39, 0.29) is 6.10 Å². The molecule has 2 heterocycles. The molecule has 1 N–H and O–H groups in total. The number of nitrogens with zero attached hydrogens (tertiary/aromatic N) is 3. The number of hydrogen-bond acceptors (Lipinski definition) is 4. The Bertz CT molecular complexity index is 351. The van der Waals surface area contributed by atoms with E-state index >= 15 is 0 Å². The van der Waals surface area contributed by atoms with E-state index in [1.165, 1.54) is 6.33 Å². The molecule has 0 spiro atoms. The first-order valence-electron chi connectivity index (χ1n) is 5.57. The van der Waals surface area contributed by atoms with Gasteiger partial charge < -0.3 is 10.0 Å². The van der Waals surface area contributed by atoms with Crippen LogP contribution in [0.1, 0.15) is 19.8 Å². The van der Waals surface area contributed by atoms with E-state index < -0.39 is 0 Å². The Labute approximate surface area is 100 Å². The van der Waals surface area contributed by atoms with Crippen LogP contribution in [0.5, 0.6) is 0 Å². The van der Waals surface area contributed by atoms with Crippen LogP contribution in [0, 0.1) is 5.92 Å². The molecule has 1 unspecified atom stereocenters. The van der Waals surface area contributed by atoms with Crippen LogP contribution < -0.4 is 4.90 Å². The van der Waals surface area contributed by atoms with E-state index in [9.17, 15) is 5.11 Å². The molecular weight excluding hydrogens is 226 g/mol. The zero-order chi connectivity index (χ0) is 11.5. The number of anilines is 1. The Kier molecular flexibility index (Phi) is 3.61. The van der Waals surface area contributed by atoms with Crippen LogP contribution in [-0.2, 0) is 0 Å². The topological polar surface area (TPSA) is 49.2 Å². The normalized spacial score (nSPS) is 19.8. The molecule has 0 bridgehead atoms. The molecule has 2 rings (SSSR count). The van der Waals surface area contributed by atoms with Crippen molar-refractivity contribution in [3.05, 3.63) is 17.5 Å². The van der Waals surface area contributed by atoms with E-state index in [1.54, 1.807) is 6.07 Å². The van der Waals surface area contributed by atoms with Crippen LogP contribution in [0.3, 0.4) is 0 Å². The number of aliphatic hydroxyl groups excluding tert-OH is 1. The molecule has 1 aromatic rings. The summed E-state index contributed by atoms with van der Waals surface area (Å²) in [6.45, 7) is 3.70. The lowest BCUT2D eigenvalue weighted by Gasteiger charge is -2.33. The lowest BCUT2D eigenvalue weighted by molar-refractivity contribution is 0.110. The van der Waals surface area contributed by atoms with Gasteiger partial charge in [-0.05, 0) is 25.7 Å². The highest BCUT2D eigenvalue weighted by Crippen LogP contribution is 2.24. The van der Waals surface area contributed by atoms with Crippen molar-refractivity contribution in [2.24, 2.45) is 5.92 Å². The van der Waals surface area contributed by atoms with Gasteiger partial charge in [-0.25, -0.2) is 9.97 Å². The lowest BCUT2D eigenvalue weighted by Crippen LogP contribution is -2.37. The molecule has 1 aromatic heterocycles. The van der Waals surface area contributed by atoms with Gasteiger partial charge in [-0.1, -0.05) is 11.6 Å². The SMILES string of the molecule is CC(O)C1CCN(c2cc(Cl)ncn2)CC1. The van der Waals surface area contributed by atoms with E-state index in [1.807, 2.05) is 6.92 Å². The van der Waals surface area contributed by atoms with Crippen LogP contribution >= 0.6 is 11.6 Å². The third-order valence-corrected chi connectivity index (χ3v) is 3.37. The zero-order valence-electron chi connectivity index (χ0n) is 9.30. The second-order valence-electron chi connectivity index (χ2n) is 4.26. The Morgan fingerprint density at radius 1 is 1.44 bits per heavy atom. The smallest absolute Gasteiger partial charge is 0.134 e. The average Bonchev–Trinajstić information content (AvgIpc) is 2.29. The molecule has 0 amide bonds. The highest BCUT2D eigenvalue weighted by atomic mass is 35.5. The molecule has 0 aliphatic carbocycles. The monoisotopic (exact) mass is 241 g/mol. The maximum absolute atomic E-state index is 9.51. The van der Waals surface area contributed by atoms with Crippen molar-refractivity contribution >= 4 is 17.4 Å². The van der Waals surface area contributed by atoms with Crippen molar-refractivity contribution in [1.29, 1.82) is 0 Å². The maximum atomic E-state index is 9.51. The Morgan fingerprint density at radius 3 is 2.69 bits per heavy atom. The van der Waals surface area contributed by atoms with Crippen molar-refractivity contribution in [2.45, 2.75) is 25.9 Å². The van der Waals surface area contributed by atoms with Gasteiger partial charge in [0, 0.05) is 19.2 Å². The molecule has 1 aliphatic rings. The van der Waals surface area contributed by atoms with Crippen LogP contribution in [0.4, 0.5) is 5.82 Å². The van der Waals surface area contributed by atoms with E-state index in [0.717, 1.165) is 31.7 Å². The maximum Gasteiger partial charge on any atom is 0.134 e. The predicted molar refractivity (Wildman–Crippen MR) is 63.7 cm³/mol. The summed E-state index contributed by atoms with van der Waals surface area (Å²) in [5.74, 6) is 1.29. The predicted octanol–water partition coefficient (Wildman–Crippen LogP) is 1.73. The summed E-state index contributed by atoms with van der Waals surface area (Å²) in [6.07, 6.45) is 3.27. The van der Waals surface area contributed by atoms with Gasteiger partial charge in [0.15, 0.2) is 0 Å². The fourth-order valence-electron chi connectivity index (χ4n) is 2.11. The molecular formula is C11H16ClN3O. The van der Waals surface area contributed by atoms with Crippen molar-refractivity contribution in [1.82, 2.24) is 9.97 Å². The van der Waals surface area contributed by atoms with Gasteiger partial charge >= 0.3 is 0 Å².